The lowest BCUT2D eigenvalue weighted by atomic mass is 9.94. The van der Waals surface area contributed by atoms with Crippen LogP contribution >= 0.6 is 0 Å². The number of hydrogen-bond donors (Lipinski definition) is 1. The third-order valence-corrected chi connectivity index (χ3v) is 6.48. The molecule has 1 aliphatic rings. The Morgan fingerprint density at radius 1 is 1.09 bits per heavy atom. The van der Waals surface area contributed by atoms with Gasteiger partial charge in [-0.05, 0) is 67.9 Å². The number of carbonyl (C=O) groups is 2. The highest BCUT2D eigenvalue weighted by Gasteiger charge is 2.46. The Bertz CT molecular complexity index is 1080. The van der Waals surface area contributed by atoms with Gasteiger partial charge in [0, 0.05) is 18.7 Å². The molecule has 0 unspecified atom stereocenters. The summed E-state index contributed by atoms with van der Waals surface area (Å²) in [6.45, 7) is 11.2. The van der Waals surface area contributed by atoms with Gasteiger partial charge in [0.15, 0.2) is 0 Å². The molecule has 1 N–H and O–H groups in total. The van der Waals surface area contributed by atoms with Crippen LogP contribution in [-0.4, -0.2) is 59.4 Å². The number of likely N-dealkylation sites (N-methyl/N-ethyl adjacent to an activating group) is 1. The van der Waals surface area contributed by atoms with Crippen molar-refractivity contribution in [2.75, 3.05) is 32.8 Å². The van der Waals surface area contributed by atoms with Gasteiger partial charge in [0.1, 0.15) is 17.3 Å². The van der Waals surface area contributed by atoms with E-state index in [9.17, 15) is 19.1 Å². The highest BCUT2D eigenvalue weighted by atomic mass is 19.1. The third kappa shape index (κ3) is 5.90. The van der Waals surface area contributed by atoms with Gasteiger partial charge < -0.3 is 19.6 Å². The van der Waals surface area contributed by atoms with Crippen molar-refractivity contribution in [3.63, 3.8) is 0 Å². The number of Topliss-reactive ketones (excluding diaryl/α,β-unsaturated/α-hetero) is 1. The summed E-state index contributed by atoms with van der Waals surface area (Å²) in [6.07, 6.45) is 1.96. The zero-order valence-corrected chi connectivity index (χ0v) is 21.0. The standard InChI is InChI=1S/C28H35FN2O4/c1-5-8-17-35-23-14-11-21(18-19(23)4)26(32)24-25(20-9-12-22(29)13-10-20)31(28(34)27(24)33)16-15-30(6-2)7-3/h9-14,18,25,32H,5-8,15-17H2,1-4H3/t25-/m0/s1. The fourth-order valence-corrected chi connectivity index (χ4v) is 4.33. The predicted octanol–water partition coefficient (Wildman–Crippen LogP) is 5.08. The van der Waals surface area contributed by atoms with E-state index in [0.717, 1.165) is 31.5 Å². The van der Waals surface area contributed by atoms with E-state index < -0.39 is 23.5 Å². The Labute approximate surface area is 207 Å². The second-order valence-electron chi connectivity index (χ2n) is 8.75. The van der Waals surface area contributed by atoms with Crippen LogP contribution in [0.3, 0.4) is 0 Å². The summed E-state index contributed by atoms with van der Waals surface area (Å²) in [5.41, 5.74) is 1.83. The minimum Gasteiger partial charge on any atom is -0.507 e. The van der Waals surface area contributed by atoms with Crippen LogP contribution in [0.4, 0.5) is 4.39 Å². The average molecular weight is 483 g/mol. The second-order valence-corrected chi connectivity index (χ2v) is 8.75. The van der Waals surface area contributed by atoms with Crippen molar-refractivity contribution in [2.45, 2.75) is 46.6 Å². The van der Waals surface area contributed by atoms with Gasteiger partial charge in [-0.2, -0.15) is 0 Å². The average Bonchev–Trinajstić information content (AvgIpc) is 3.10. The molecule has 0 aromatic heterocycles. The number of halogens is 1. The molecule has 3 rings (SSSR count). The predicted molar refractivity (Wildman–Crippen MR) is 135 cm³/mol. The number of unbranched alkanes of at least 4 members (excludes halogenated alkanes) is 1. The largest absolute Gasteiger partial charge is 0.507 e. The number of aliphatic hydroxyl groups is 1. The van der Waals surface area contributed by atoms with Crippen LogP contribution in [-0.2, 0) is 9.59 Å². The Kier molecular flexibility index (Phi) is 9.04. The number of hydrogen-bond acceptors (Lipinski definition) is 5. The molecule has 2 aromatic carbocycles. The molecular formula is C28H35FN2O4. The highest BCUT2D eigenvalue weighted by molar-refractivity contribution is 6.46. The zero-order valence-electron chi connectivity index (χ0n) is 21.0. The Morgan fingerprint density at radius 3 is 2.37 bits per heavy atom. The van der Waals surface area contributed by atoms with Gasteiger partial charge in [0.2, 0.25) is 0 Å². The van der Waals surface area contributed by atoms with Crippen molar-refractivity contribution in [1.82, 2.24) is 9.80 Å². The van der Waals surface area contributed by atoms with Crippen LogP contribution < -0.4 is 4.74 Å². The monoisotopic (exact) mass is 482 g/mol. The molecule has 1 aliphatic heterocycles. The molecule has 1 amide bonds. The van der Waals surface area contributed by atoms with Crippen LogP contribution in [0.5, 0.6) is 5.75 Å². The van der Waals surface area contributed by atoms with Gasteiger partial charge in [0.25, 0.3) is 11.7 Å². The minimum atomic E-state index is -0.799. The van der Waals surface area contributed by atoms with Crippen molar-refractivity contribution in [2.24, 2.45) is 0 Å². The maximum atomic E-state index is 13.7. The van der Waals surface area contributed by atoms with Gasteiger partial charge in [-0.15, -0.1) is 0 Å². The molecule has 1 fully saturated rings. The van der Waals surface area contributed by atoms with Crippen LogP contribution in [0.1, 0.15) is 56.3 Å². The number of carbonyl (C=O) groups excluding carboxylic acids is 2. The summed E-state index contributed by atoms with van der Waals surface area (Å²) in [5.74, 6) is -1.35. The Hall–Kier alpha value is -3.19. The number of likely N-dealkylation sites (tertiary alicyclic amines) is 1. The van der Waals surface area contributed by atoms with E-state index in [1.165, 1.54) is 17.0 Å². The minimum absolute atomic E-state index is 0.0141. The zero-order chi connectivity index (χ0) is 25.5. The number of aliphatic hydroxyl groups excluding tert-OH is 1. The number of nitrogens with zero attached hydrogens (tertiary/aromatic N) is 2. The Balaban J connectivity index is 2.03. The van der Waals surface area contributed by atoms with Gasteiger partial charge in [-0.1, -0.05) is 39.3 Å². The molecule has 2 aromatic rings. The number of benzene rings is 2. The van der Waals surface area contributed by atoms with Gasteiger partial charge >= 0.3 is 0 Å². The van der Waals surface area contributed by atoms with Crippen molar-refractivity contribution < 1.29 is 23.8 Å². The third-order valence-electron chi connectivity index (χ3n) is 6.48. The summed E-state index contributed by atoms with van der Waals surface area (Å²) in [5, 5.41) is 11.3. The van der Waals surface area contributed by atoms with Crippen molar-refractivity contribution in [3.8, 4) is 5.75 Å². The Morgan fingerprint density at radius 2 is 1.77 bits per heavy atom. The number of ketones is 1. The summed E-state index contributed by atoms with van der Waals surface area (Å²) in [6, 6.07) is 10.1. The van der Waals surface area contributed by atoms with Crippen LogP contribution in [0.2, 0.25) is 0 Å². The van der Waals surface area contributed by atoms with Gasteiger partial charge in [-0.25, -0.2) is 4.39 Å². The maximum absolute atomic E-state index is 13.7. The molecule has 6 nitrogen and oxygen atoms in total. The molecule has 188 valence electrons. The molecule has 1 saturated heterocycles. The number of ether oxygens (including phenoxy) is 1. The van der Waals surface area contributed by atoms with Crippen molar-refractivity contribution in [1.29, 1.82) is 0 Å². The molecule has 0 saturated carbocycles. The molecule has 1 heterocycles. The lowest BCUT2D eigenvalue weighted by Crippen LogP contribution is -2.38. The van der Waals surface area contributed by atoms with E-state index in [2.05, 4.69) is 11.8 Å². The highest BCUT2D eigenvalue weighted by Crippen LogP contribution is 2.39. The van der Waals surface area contributed by atoms with E-state index in [0.29, 0.717) is 36.6 Å². The number of aryl methyl sites for hydroxylation is 1. The molecule has 0 spiro atoms. The summed E-state index contributed by atoms with van der Waals surface area (Å²) in [4.78, 5) is 29.9. The first-order valence-electron chi connectivity index (χ1n) is 12.3. The molecule has 0 radical (unpaired) electrons. The van der Waals surface area contributed by atoms with Crippen molar-refractivity contribution in [3.05, 3.63) is 70.5 Å². The van der Waals surface area contributed by atoms with E-state index in [1.807, 2.05) is 20.8 Å². The first kappa shape index (κ1) is 26.4. The van der Waals surface area contributed by atoms with Crippen LogP contribution in [0.15, 0.2) is 48.0 Å². The topological polar surface area (TPSA) is 70.1 Å². The number of amides is 1. The summed E-state index contributed by atoms with van der Waals surface area (Å²) in [7, 11) is 0. The quantitative estimate of drug-likeness (QED) is 0.209. The van der Waals surface area contributed by atoms with E-state index in [1.54, 1.807) is 30.3 Å². The summed E-state index contributed by atoms with van der Waals surface area (Å²) >= 11 is 0. The normalized spacial score (nSPS) is 17.4. The fourth-order valence-electron chi connectivity index (χ4n) is 4.33. The molecule has 0 bridgehead atoms. The van der Waals surface area contributed by atoms with E-state index in [4.69, 9.17) is 4.74 Å². The smallest absolute Gasteiger partial charge is 0.295 e. The molecule has 1 atom stereocenters. The SMILES string of the molecule is CCCCOc1ccc(C(O)=C2C(=O)C(=O)N(CCN(CC)CC)[C@H]2c2ccc(F)cc2)cc1C. The second kappa shape index (κ2) is 12.0. The summed E-state index contributed by atoms with van der Waals surface area (Å²) < 4.78 is 19.5. The fraction of sp³-hybridized carbons (Fsp3) is 0.429. The molecule has 35 heavy (non-hydrogen) atoms. The van der Waals surface area contributed by atoms with E-state index in [-0.39, 0.29) is 11.3 Å². The molecule has 7 heteroatoms. The molecule has 0 aliphatic carbocycles. The van der Waals surface area contributed by atoms with E-state index >= 15 is 0 Å². The lowest BCUT2D eigenvalue weighted by Gasteiger charge is -2.28. The number of rotatable bonds is 11. The molecular weight excluding hydrogens is 447 g/mol. The van der Waals surface area contributed by atoms with Gasteiger partial charge in [-0.3, -0.25) is 9.59 Å². The first-order valence-corrected chi connectivity index (χ1v) is 12.3. The maximum Gasteiger partial charge on any atom is 0.295 e. The van der Waals surface area contributed by atoms with Crippen molar-refractivity contribution >= 4 is 17.4 Å². The first-order chi connectivity index (χ1) is 16.8. The van der Waals surface area contributed by atoms with Crippen LogP contribution in [0, 0.1) is 12.7 Å². The van der Waals surface area contributed by atoms with Crippen LogP contribution in [0.25, 0.3) is 5.76 Å². The lowest BCUT2D eigenvalue weighted by molar-refractivity contribution is -0.140. The van der Waals surface area contributed by atoms with Gasteiger partial charge in [0.05, 0.1) is 18.2 Å².